The van der Waals surface area contributed by atoms with Gasteiger partial charge in [-0.25, -0.2) is 0 Å². The average molecular weight is 445 g/mol. The lowest BCUT2D eigenvalue weighted by Gasteiger charge is -2.08. The predicted octanol–water partition coefficient (Wildman–Crippen LogP) is 5.77. The number of hydrogen-bond donors (Lipinski definition) is 3. The standard InChI is InChI=1S/C25H48O6/c26-21-23(27)22-31-25(30)20-18-16-14-12-10-8-6-4-2-1-3-5-7-9-11-13-15-17-19-24(28)29/h23,26-27H,1-22H2,(H,28,29). The Morgan fingerprint density at radius 2 is 0.903 bits per heavy atom. The molecule has 184 valence electrons. The number of aliphatic hydroxyl groups is 2. The Morgan fingerprint density at radius 3 is 1.23 bits per heavy atom. The summed E-state index contributed by atoms with van der Waals surface area (Å²) in [5.74, 6) is -0.966. The zero-order valence-corrected chi connectivity index (χ0v) is 19.7. The van der Waals surface area contributed by atoms with Crippen molar-refractivity contribution in [3.05, 3.63) is 0 Å². The minimum absolute atomic E-state index is 0.118. The Bertz CT molecular complexity index is 413. The number of aliphatic carboxylic acids is 1. The SMILES string of the molecule is O=C(O)CCCCCCCCCCCCCCCCCCCCC(=O)OCC(O)CO. The summed E-state index contributed by atoms with van der Waals surface area (Å²) in [6.07, 6.45) is 21.6. The van der Waals surface area contributed by atoms with Crippen molar-refractivity contribution in [2.24, 2.45) is 0 Å². The van der Waals surface area contributed by atoms with Gasteiger partial charge in [-0.15, -0.1) is 0 Å². The van der Waals surface area contributed by atoms with E-state index in [1.54, 1.807) is 0 Å². The van der Waals surface area contributed by atoms with Crippen LogP contribution in [0, 0.1) is 0 Å². The Hall–Kier alpha value is -1.14. The van der Waals surface area contributed by atoms with E-state index in [0.29, 0.717) is 12.8 Å². The molecule has 0 aliphatic carbocycles. The van der Waals surface area contributed by atoms with Crippen LogP contribution < -0.4 is 0 Å². The van der Waals surface area contributed by atoms with E-state index in [0.717, 1.165) is 32.1 Å². The number of ether oxygens (including phenoxy) is 1. The second-order valence-electron chi connectivity index (χ2n) is 8.78. The second kappa shape index (κ2) is 23.5. The molecule has 6 heteroatoms. The molecule has 0 heterocycles. The Labute approximate surface area is 189 Å². The van der Waals surface area contributed by atoms with Crippen molar-refractivity contribution >= 4 is 11.9 Å². The molecule has 31 heavy (non-hydrogen) atoms. The third-order valence-electron chi connectivity index (χ3n) is 5.67. The number of carboxylic acids is 1. The van der Waals surface area contributed by atoms with Gasteiger partial charge in [0.1, 0.15) is 12.7 Å². The van der Waals surface area contributed by atoms with Crippen molar-refractivity contribution in [1.82, 2.24) is 0 Å². The third kappa shape index (κ3) is 25.0. The van der Waals surface area contributed by atoms with E-state index >= 15 is 0 Å². The minimum Gasteiger partial charge on any atom is -0.481 e. The molecular weight excluding hydrogens is 396 g/mol. The first kappa shape index (κ1) is 29.9. The highest BCUT2D eigenvalue weighted by molar-refractivity contribution is 5.69. The van der Waals surface area contributed by atoms with Gasteiger partial charge in [0.05, 0.1) is 6.61 Å². The average Bonchev–Trinajstić information content (AvgIpc) is 2.75. The summed E-state index contributed by atoms with van der Waals surface area (Å²) < 4.78 is 4.87. The van der Waals surface area contributed by atoms with E-state index in [2.05, 4.69) is 0 Å². The van der Waals surface area contributed by atoms with Crippen LogP contribution in [0.25, 0.3) is 0 Å². The molecule has 0 aliphatic rings. The molecule has 1 unspecified atom stereocenters. The number of hydrogen-bond acceptors (Lipinski definition) is 5. The van der Waals surface area contributed by atoms with Gasteiger partial charge >= 0.3 is 11.9 Å². The fourth-order valence-corrected chi connectivity index (χ4v) is 3.69. The topological polar surface area (TPSA) is 104 Å². The molecule has 0 aromatic rings. The zero-order chi connectivity index (χ0) is 23.0. The van der Waals surface area contributed by atoms with Crippen LogP contribution in [0.4, 0.5) is 0 Å². The van der Waals surface area contributed by atoms with Crippen molar-refractivity contribution < 1.29 is 29.6 Å². The highest BCUT2D eigenvalue weighted by Gasteiger charge is 2.07. The monoisotopic (exact) mass is 444 g/mol. The summed E-state index contributed by atoms with van der Waals surface area (Å²) in [7, 11) is 0. The number of aliphatic hydroxyl groups excluding tert-OH is 2. The molecule has 0 saturated heterocycles. The number of carbonyl (C=O) groups is 2. The maximum atomic E-state index is 11.4. The molecular formula is C25H48O6. The Kier molecular flexibility index (Phi) is 22.7. The van der Waals surface area contributed by atoms with Crippen LogP contribution in [0.5, 0.6) is 0 Å². The summed E-state index contributed by atoms with van der Waals surface area (Å²) in [5.41, 5.74) is 0. The normalized spacial score (nSPS) is 12.1. The van der Waals surface area contributed by atoms with Crippen LogP contribution in [0.1, 0.15) is 128 Å². The van der Waals surface area contributed by atoms with E-state index in [-0.39, 0.29) is 19.2 Å². The largest absolute Gasteiger partial charge is 0.481 e. The predicted molar refractivity (Wildman–Crippen MR) is 124 cm³/mol. The summed E-state index contributed by atoms with van der Waals surface area (Å²) in [6.45, 7) is -0.500. The molecule has 0 spiro atoms. The van der Waals surface area contributed by atoms with E-state index < -0.39 is 12.1 Å². The summed E-state index contributed by atoms with van der Waals surface area (Å²) in [6, 6.07) is 0. The molecule has 3 N–H and O–H groups in total. The number of carboxylic acid groups (broad SMARTS) is 1. The maximum Gasteiger partial charge on any atom is 0.305 e. The molecule has 0 aromatic heterocycles. The molecule has 0 aromatic carbocycles. The van der Waals surface area contributed by atoms with Gasteiger partial charge < -0.3 is 20.1 Å². The Balaban J connectivity index is 3.12. The van der Waals surface area contributed by atoms with Crippen molar-refractivity contribution in [2.45, 2.75) is 135 Å². The zero-order valence-electron chi connectivity index (χ0n) is 19.7. The van der Waals surface area contributed by atoms with E-state index in [1.807, 2.05) is 0 Å². The molecule has 0 aliphatic heterocycles. The van der Waals surface area contributed by atoms with Gasteiger partial charge in [0.2, 0.25) is 0 Å². The lowest BCUT2D eigenvalue weighted by molar-refractivity contribution is -0.147. The molecule has 6 nitrogen and oxygen atoms in total. The molecule has 0 saturated carbocycles. The van der Waals surface area contributed by atoms with Crippen molar-refractivity contribution in [2.75, 3.05) is 13.2 Å². The van der Waals surface area contributed by atoms with Gasteiger partial charge in [0.15, 0.2) is 0 Å². The third-order valence-corrected chi connectivity index (χ3v) is 5.67. The summed E-state index contributed by atoms with van der Waals surface area (Å²) in [4.78, 5) is 21.8. The van der Waals surface area contributed by atoms with E-state index in [1.165, 1.54) is 83.5 Å². The number of esters is 1. The quantitative estimate of drug-likeness (QED) is 0.129. The summed E-state index contributed by atoms with van der Waals surface area (Å²) >= 11 is 0. The van der Waals surface area contributed by atoms with Crippen molar-refractivity contribution in [3.63, 3.8) is 0 Å². The van der Waals surface area contributed by atoms with Gasteiger partial charge in [0, 0.05) is 12.8 Å². The van der Waals surface area contributed by atoms with E-state index in [4.69, 9.17) is 20.1 Å². The van der Waals surface area contributed by atoms with Crippen LogP contribution in [0.3, 0.4) is 0 Å². The summed E-state index contributed by atoms with van der Waals surface area (Å²) in [5, 5.41) is 26.3. The van der Waals surface area contributed by atoms with Crippen LogP contribution >= 0.6 is 0 Å². The first-order chi connectivity index (χ1) is 15.1. The first-order valence-electron chi connectivity index (χ1n) is 12.7. The van der Waals surface area contributed by atoms with Gasteiger partial charge in [-0.2, -0.15) is 0 Å². The number of carbonyl (C=O) groups excluding carboxylic acids is 1. The number of unbranched alkanes of at least 4 members (excludes halogenated alkanes) is 17. The van der Waals surface area contributed by atoms with Crippen LogP contribution in [-0.4, -0.2) is 46.6 Å². The fraction of sp³-hybridized carbons (Fsp3) is 0.920. The lowest BCUT2D eigenvalue weighted by atomic mass is 10.0. The van der Waals surface area contributed by atoms with Gasteiger partial charge in [-0.05, 0) is 12.8 Å². The number of rotatable bonds is 24. The molecule has 0 radical (unpaired) electrons. The highest BCUT2D eigenvalue weighted by atomic mass is 16.5. The van der Waals surface area contributed by atoms with Crippen LogP contribution in [-0.2, 0) is 14.3 Å². The molecule has 0 rings (SSSR count). The minimum atomic E-state index is -0.969. The molecule has 0 amide bonds. The van der Waals surface area contributed by atoms with Gasteiger partial charge in [0.25, 0.3) is 0 Å². The van der Waals surface area contributed by atoms with Gasteiger partial charge in [-0.1, -0.05) is 103 Å². The van der Waals surface area contributed by atoms with Gasteiger partial charge in [-0.3, -0.25) is 9.59 Å². The highest BCUT2D eigenvalue weighted by Crippen LogP contribution is 2.15. The second-order valence-corrected chi connectivity index (χ2v) is 8.78. The Morgan fingerprint density at radius 1 is 0.581 bits per heavy atom. The first-order valence-corrected chi connectivity index (χ1v) is 12.7. The molecule has 1 atom stereocenters. The fourth-order valence-electron chi connectivity index (χ4n) is 3.69. The van der Waals surface area contributed by atoms with Crippen molar-refractivity contribution in [1.29, 1.82) is 0 Å². The lowest BCUT2D eigenvalue weighted by Crippen LogP contribution is -2.21. The molecule has 0 fully saturated rings. The van der Waals surface area contributed by atoms with E-state index in [9.17, 15) is 9.59 Å². The maximum absolute atomic E-state index is 11.4. The van der Waals surface area contributed by atoms with Crippen molar-refractivity contribution in [3.8, 4) is 0 Å². The molecule has 0 bridgehead atoms. The van der Waals surface area contributed by atoms with Crippen LogP contribution in [0.2, 0.25) is 0 Å². The van der Waals surface area contributed by atoms with Crippen LogP contribution in [0.15, 0.2) is 0 Å². The smallest absolute Gasteiger partial charge is 0.305 e.